The molecule has 0 radical (unpaired) electrons. The summed E-state index contributed by atoms with van der Waals surface area (Å²) < 4.78 is 92.3. The van der Waals surface area contributed by atoms with Crippen LogP contribution in [0.5, 0.6) is 0 Å². The molecule has 2 aliphatic carbocycles. The summed E-state index contributed by atoms with van der Waals surface area (Å²) in [6.07, 6.45) is -10.2. The molecular formula is C18H19F7N2O. The van der Waals surface area contributed by atoms with Gasteiger partial charge < -0.3 is 10.6 Å². The van der Waals surface area contributed by atoms with E-state index < -0.39 is 23.6 Å². The van der Waals surface area contributed by atoms with Gasteiger partial charge in [0.15, 0.2) is 0 Å². The van der Waals surface area contributed by atoms with E-state index in [0.29, 0.717) is 42.5 Å². The van der Waals surface area contributed by atoms with Crippen molar-refractivity contribution in [1.82, 2.24) is 10.6 Å². The molecule has 3 nitrogen and oxygen atoms in total. The molecule has 0 saturated heterocycles. The zero-order valence-electron chi connectivity index (χ0n) is 14.8. The number of urea groups is 1. The molecule has 1 aromatic carbocycles. The van der Waals surface area contributed by atoms with Crippen LogP contribution in [0.1, 0.15) is 41.9 Å². The lowest BCUT2D eigenvalue weighted by molar-refractivity contribution is -0.348. The molecule has 28 heavy (non-hydrogen) atoms. The maximum absolute atomic E-state index is 14.3. The third-order valence-electron chi connectivity index (χ3n) is 5.83. The van der Waals surface area contributed by atoms with Crippen LogP contribution in [-0.2, 0) is 12.1 Å². The third kappa shape index (κ3) is 3.20. The highest BCUT2D eigenvalue weighted by Gasteiger charge is 2.73. The van der Waals surface area contributed by atoms with Gasteiger partial charge in [-0.3, -0.25) is 0 Å². The summed E-state index contributed by atoms with van der Waals surface area (Å²) in [5.41, 5.74) is -5.92. The normalized spacial score (nSPS) is 25.1. The van der Waals surface area contributed by atoms with Gasteiger partial charge in [0.2, 0.25) is 0 Å². The SMILES string of the molecule is CNC(=O)N[C@@H]1CC[C@H]2c3ccc(C(F)(C(F)(F)F)C(F)(F)F)cc3CC[C@@H]12. The van der Waals surface area contributed by atoms with Gasteiger partial charge >= 0.3 is 24.1 Å². The van der Waals surface area contributed by atoms with E-state index in [9.17, 15) is 35.5 Å². The van der Waals surface area contributed by atoms with E-state index in [1.54, 1.807) is 0 Å². The number of aryl methyl sites for hydroxylation is 1. The molecule has 2 amide bonds. The lowest BCUT2D eigenvalue weighted by atomic mass is 9.74. The minimum atomic E-state index is -6.12. The van der Waals surface area contributed by atoms with Crippen molar-refractivity contribution in [3.63, 3.8) is 0 Å². The largest absolute Gasteiger partial charge is 0.435 e. The molecule has 3 atom stereocenters. The first kappa shape index (κ1) is 20.7. The highest BCUT2D eigenvalue weighted by atomic mass is 19.4. The molecule has 0 bridgehead atoms. The summed E-state index contributed by atoms with van der Waals surface area (Å²) >= 11 is 0. The number of alkyl halides is 7. The van der Waals surface area contributed by atoms with E-state index >= 15 is 0 Å². The fourth-order valence-electron chi connectivity index (χ4n) is 4.48. The number of amides is 2. The summed E-state index contributed by atoms with van der Waals surface area (Å²) in [6.45, 7) is 0. The zero-order valence-corrected chi connectivity index (χ0v) is 14.8. The molecule has 3 rings (SSSR count). The molecule has 1 fully saturated rings. The number of hydrogen-bond acceptors (Lipinski definition) is 1. The molecule has 1 aromatic rings. The Morgan fingerprint density at radius 2 is 1.64 bits per heavy atom. The number of hydrogen-bond donors (Lipinski definition) is 2. The van der Waals surface area contributed by atoms with Gasteiger partial charge in [-0.1, -0.05) is 18.2 Å². The first-order valence-corrected chi connectivity index (χ1v) is 8.84. The number of halogens is 7. The molecule has 0 heterocycles. The summed E-state index contributed by atoms with van der Waals surface area (Å²) in [7, 11) is 1.48. The number of benzene rings is 1. The van der Waals surface area contributed by atoms with Gasteiger partial charge in [-0.25, -0.2) is 9.18 Å². The minimum absolute atomic E-state index is 0.0380. The molecule has 10 heteroatoms. The van der Waals surface area contributed by atoms with E-state index in [0.717, 1.165) is 0 Å². The summed E-state index contributed by atoms with van der Waals surface area (Å²) in [5, 5.41) is 5.28. The Bertz CT molecular complexity index is 745. The van der Waals surface area contributed by atoms with Crippen LogP contribution in [0.3, 0.4) is 0 Å². The molecule has 1 saturated carbocycles. The molecule has 0 unspecified atom stereocenters. The van der Waals surface area contributed by atoms with Gasteiger partial charge in [0.1, 0.15) is 0 Å². The molecule has 0 aliphatic heterocycles. The van der Waals surface area contributed by atoms with Crippen molar-refractivity contribution in [2.75, 3.05) is 7.05 Å². The van der Waals surface area contributed by atoms with E-state index in [1.807, 2.05) is 0 Å². The Hall–Kier alpha value is -2.00. The van der Waals surface area contributed by atoms with Crippen molar-refractivity contribution in [3.05, 3.63) is 34.9 Å². The number of carbonyl (C=O) groups excluding carboxylic acids is 1. The van der Waals surface area contributed by atoms with Crippen LogP contribution in [0.25, 0.3) is 0 Å². The Balaban J connectivity index is 1.93. The fraction of sp³-hybridized carbons (Fsp3) is 0.611. The van der Waals surface area contributed by atoms with Gasteiger partial charge in [-0.05, 0) is 48.6 Å². The quantitative estimate of drug-likeness (QED) is 0.679. The van der Waals surface area contributed by atoms with Gasteiger partial charge in [-0.15, -0.1) is 0 Å². The minimum Gasteiger partial charge on any atom is -0.341 e. The second kappa shape index (κ2) is 6.81. The second-order valence-electron chi connectivity index (χ2n) is 7.28. The van der Waals surface area contributed by atoms with Gasteiger partial charge in [0.25, 0.3) is 0 Å². The first-order chi connectivity index (χ1) is 12.9. The average molecular weight is 412 g/mol. The summed E-state index contributed by atoms with van der Waals surface area (Å²) in [5.74, 6) is -0.0539. The van der Waals surface area contributed by atoms with E-state index in [2.05, 4.69) is 10.6 Å². The number of fused-ring (bicyclic) bond motifs is 3. The molecule has 0 aromatic heterocycles. The van der Waals surface area contributed by atoms with Crippen LogP contribution < -0.4 is 10.6 Å². The van der Waals surface area contributed by atoms with Gasteiger partial charge in [0, 0.05) is 18.7 Å². The second-order valence-corrected chi connectivity index (χ2v) is 7.28. The number of rotatable bonds is 2. The predicted octanol–water partition coefficient (Wildman–Crippen LogP) is 4.71. The molecule has 156 valence electrons. The summed E-state index contributed by atoms with van der Waals surface area (Å²) in [4.78, 5) is 11.6. The van der Waals surface area contributed by atoms with E-state index in [1.165, 1.54) is 13.1 Å². The van der Waals surface area contributed by atoms with Gasteiger partial charge in [-0.2, -0.15) is 26.3 Å². The monoisotopic (exact) mass is 412 g/mol. The van der Waals surface area contributed by atoms with Crippen LogP contribution in [0, 0.1) is 5.92 Å². The van der Waals surface area contributed by atoms with Crippen molar-refractivity contribution in [3.8, 4) is 0 Å². The Labute approximate surface area is 156 Å². The van der Waals surface area contributed by atoms with Crippen LogP contribution in [0.15, 0.2) is 18.2 Å². The van der Waals surface area contributed by atoms with Crippen molar-refractivity contribution in [1.29, 1.82) is 0 Å². The predicted molar refractivity (Wildman–Crippen MR) is 86.5 cm³/mol. The number of carbonyl (C=O) groups is 1. The van der Waals surface area contributed by atoms with Crippen LogP contribution in [0.4, 0.5) is 35.5 Å². The van der Waals surface area contributed by atoms with Crippen LogP contribution in [-0.4, -0.2) is 31.5 Å². The first-order valence-electron chi connectivity index (χ1n) is 8.84. The van der Waals surface area contributed by atoms with Crippen LogP contribution >= 0.6 is 0 Å². The topological polar surface area (TPSA) is 41.1 Å². The average Bonchev–Trinajstić information content (AvgIpc) is 3.01. The Morgan fingerprint density at radius 1 is 1.00 bits per heavy atom. The third-order valence-corrected chi connectivity index (χ3v) is 5.83. The maximum Gasteiger partial charge on any atom is 0.435 e. The van der Waals surface area contributed by atoms with Crippen molar-refractivity contribution >= 4 is 6.03 Å². The lowest BCUT2D eigenvalue weighted by Gasteiger charge is -2.34. The van der Waals surface area contributed by atoms with E-state index in [4.69, 9.17) is 0 Å². The molecule has 2 aliphatic rings. The Morgan fingerprint density at radius 3 is 2.21 bits per heavy atom. The lowest BCUT2D eigenvalue weighted by Crippen LogP contribution is -2.50. The summed E-state index contributed by atoms with van der Waals surface area (Å²) in [6, 6.07) is 2.00. The molecule has 0 spiro atoms. The zero-order chi connectivity index (χ0) is 20.9. The molecule has 2 N–H and O–H groups in total. The Kier molecular flexibility index (Phi) is 5.04. The van der Waals surface area contributed by atoms with Crippen molar-refractivity contribution in [2.45, 2.75) is 55.7 Å². The van der Waals surface area contributed by atoms with Crippen molar-refractivity contribution < 1.29 is 35.5 Å². The maximum atomic E-state index is 14.3. The van der Waals surface area contributed by atoms with Crippen molar-refractivity contribution in [2.24, 2.45) is 5.92 Å². The molecular weight excluding hydrogens is 393 g/mol. The highest BCUT2D eigenvalue weighted by molar-refractivity contribution is 5.73. The fourth-order valence-corrected chi connectivity index (χ4v) is 4.48. The van der Waals surface area contributed by atoms with Crippen LogP contribution in [0.2, 0.25) is 0 Å². The van der Waals surface area contributed by atoms with E-state index in [-0.39, 0.29) is 30.3 Å². The van der Waals surface area contributed by atoms with Gasteiger partial charge in [0.05, 0.1) is 0 Å². The standard InChI is InChI=1S/C18H19F7N2O/c1-26-15(28)27-14-7-6-12-11-5-3-10(8-9(11)2-4-13(12)14)16(19,17(20,21)22)18(23,24)25/h3,5,8,12-14H,2,4,6-7H2,1H3,(H2,26,27,28)/t12-,13+,14+/m0/s1. The highest BCUT2D eigenvalue weighted by Crippen LogP contribution is 2.54. The smallest absolute Gasteiger partial charge is 0.341 e. The number of nitrogens with one attached hydrogen (secondary N) is 2.